The molecule has 0 saturated heterocycles. The first-order chi connectivity index (χ1) is 8.29. The number of hydrogen-bond acceptors (Lipinski definition) is 3. The zero-order chi connectivity index (χ0) is 12.1. The molecule has 1 aliphatic carbocycles. The third kappa shape index (κ3) is 3.29. The van der Waals surface area contributed by atoms with Crippen molar-refractivity contribution < 1.29 is 5.11 Å². The Balaban J connectivity index is 1.90. The fourth-order valence-electron chi connectivity index (χ4n) is 2.35. The minimum absolute atomic E-state index is 0.203. The summed E-state index contributed by atoms with van der Waals surface area (Å²) in [6.45, 7) is 0.719. The molecule has 1 fully saturated rings. The third-order valence-corrected chi connectivity index (χ3v) is 3.35. The summed E-state index contributed by atoms with van der Waals surface area (Å²) < 4.78 is 0. The van der Waals surface area contributed by atoms with Gasteiger partial charge in [-0.1, -0.05) is 25.0 Å². The maximum absolute atomic E-state index is 9.83. The second-order valence-corrected chi connectivity index (χ2v) is 4.65. The predicted molar refractivity (Wildman–Crippen MR) is 66.3 cm³/mol. The van der Waals surface area contributed by atoms with Crippen LogP contribution in [0.2, 0.25) is 0 Å². The lowest BCUT2D eigenvalue weighted by molar-refractivity contribution is 0.0902. The lowest BCUT2D eigenvalue weighted by Crippen LogP contribution is -2.41. The SMILES string of the molecule is N#Cc1cccc(CN[C@@H]2CCCC[C@@H]2O)c1. The van der Waals surface area contributed by atoms with Crippen molar-refractivity contribution in [2.24, 2.45) is 0 Å². The molecule has 3 heteroatoms. The van der Waals surface area contributed by atoms with Gasteiger partial charge in [-0.15, -0.1) is 0 Å². The van der Waals surface area contributed by atoms with Crippen LogP contribution in [-0.2, 0) is 6.54 Å². The molecule has 1 aromatic carbocycles. The smallest absolute Gasteiger partial charge is 0.0991 e. The van der Waals surface area contributed by atoms with Crippen LogP contribution in [0.1, 0.15) is 36.8 Å². The molecule has 0 unspecified atom stereocenters. The van der Waals surface area contributed by atoms with Crippen LogP contribution >= 0.6 is 0 Å². The van der Waals surface area contributed by atoms with Crippen molar-refractivity contribution >= 4 is 0 Å². The molecule has 90 valence electrons. The van der Waals surface area contributed by atoms with Gasteiger partial charge in [-0.05, 0) is 30.5 Å². The van der Waals surface area contributed by atoms with Crippen molar-refractivity contribution in [1.29, 1.82) is 5.26 Å². The Labute approximate surface area is 102 Å². The van der Waals surface area contributed by atoms with Gasteiger partial charge in [0.15, 0.2) is 0 Å². The Morgan fingerprint density at radius 3 is 2.94 bits per heavy atom. The highest BCUT2D eigenvalue weighted by atomic mass is 16.3. The van der Waals surface area contributed by atoms with Gasteiger partial charge in [0.2, 0.25) is 0 Å². The average Bonchev–Trinajstić information content (AvgIpc) is 2.38. The van der Waals surface area contributed by atoms with Crippen molar-refractivity contribution in [3.05, 3.63) is 35.4 Å². The van der Waals surface area contributed by atoms with Crippen LogP contribution in [0.25, 0.3) is 0 Å². The monoisotopic (exact) mass is 230 g/mol. The highest BCUT2D eigenvalue weighted by molar-refractivity contribution is 5.32. The molecule has 1 aromatic rings. The number of hydrogen-bond donors (Lipinski definition) is 2. The molecular formula is C14H18N2O. The molecule has 3 nitrogen and oxygen atoms in total. The zero-order valence-corrected chi connectivity index (χ0v) is 9.89. The van der Waals surface area contributed by atoms with Gasteiger partial charge in [0.25, 0.3) is 0 Å². The molecule has 2 N–H and O–H groups in total. The van der Waals surface area contributed by atoms with Crippen molar-refractivity contribution in [3.8, 4) is 6.07 Å². The number of aliphatic hydroxyl groups excluding tert-OH is 1. The van der Waals surface area contributed by atoms with Gasteiger partial charge in [0, 0.05) is 12.6 Å². The number of nitriles is 1. The van der Waals surface area contributed by atoms with E-state index in [1.165, 1.54) is 6.42 Å². The van der Waals surface area contributed by atoms with Gasteiger partial charge in [0.05, 0.1) is 17.7 Å². The van der Waals surface area contributed by atoms with E-state index in [1.54, 1.807) is 6.07 Å². The normalized spacial score (nSPS) is 24.2. The highest BCUT2D eigenvalue weighted by Crippen LogP contribution is 2.18. The van der Waals surface area contributed by atoms with E-state index >= 15 is 0 Å². The van der Waals surface area contributed by atoms with Crippen molar-refractivity contribution in [1.82, 2.24) is 5.32 Å². The van der Waals surface area contributed by atoms with Crippen LogP contribution < -0.4 is 5.32 Å². The van der Waals surface area contributed by atoms with Crippen LogP contribution in [0.5, 0.6) is 0 Å². The maximum Gasteiger partial charge on any atom is 0.0991 e. The van der Waals surface area contributed by atoms with Gasteiger partial charge in [-0.2, -0.15) is 5.26 Å². The molecule has 0 heterocycles. The van der Waals surface area contributed by atoms with Crippen LogP contribution in [0.15, 0.2) is 24.3 Å². The van der Waals surface area contributed by atoms with Gasteiger partial charge in [-0.3, -0.25) is 0 Å². The summed E-state index contributed by atoms with van der Waals surface area (Å²) in [5, 5.41) is 22.0. The number of benzene rings is 1. The minimum atomic E-state index is -0.220. The van der Waals surface area contributed by atoms with E-state index in [-0.39, 0.29) is 12.1 Å². The summed E-state index contributed by atoms with van der Waals surface area (Å²) in [7, 11) is 0. The lowest BCUT2D eigenvalue weighted by Gasteiger charge is -2.28. The van der Waals surface area contributed by atoms with E-state index in [2.05, 4.69) is 11.4 Å². The maximum atomic E-state index is 9.83. The summed E-state index contributed by atoms with van der Waals surface area (Å²) in [6, 6.07) is 9.93. The Morgan fingerprint density at radius 1 is 1.35 bits per heavy atom. The fraction of sp³-hybridized carbons (Fsp3) is 0.500. The first-order valence-electron chi connectivity index (χ1n) is 6.20. The summed E-state index contributed by atoms with van der Waals surface area (Å²) in [6.07, 6.45) is 4.04. The van der Waals surface area contributed by atoms with Gasteiger partial charge < -0.3 is 10.4 Å². The van der Waals surface area contributed by atoms with Crippen LogP contribution in [0.4, 0.5) is 0 Å². The van der Waals surface area contributed by atoms with Crippen molar-refractivity contribution in [2.45, 2.75) is 44.4 Å². The molecular weight excluding hydrogens is 212 g/mol. The second-order valence-electron chi connectivity index (χ2n) is 4.65. The molecule has 2 atom stereocenters. The number of rotatable bonds is 3. The lowest BCUT2D eigenvalue weighted by atomic mass is 9.92. The number of nitrogens with zero attached hydrogens (tertiary/aromatic N) is 1. The average molecular weight is 230 g/mol. The quantitative estimate of drug-likeness (QED) is 0.834. The first-order valence-corrected chi connectivity index (χ1v) is 6.20. The molecule has 0 bridgehead atoms. The Hall–Kier alpha value is -1.37. The number of aliphatic hydroxyl groups is 1. The molecule has 0 amide bonds. The van der Waals surface area contributed by atoms with E-state index in [1.807, 2.05) is 18.2 Å². The van der Waals surface area contributed by atoms with E-state index in [4.69, 9.17) is 5.26 Å². The summed E-state index contributed by atoms with van der Waals surface area (Å²) >= 11 is 0. The zero-order valence-electron chi connectivity index (χ0n) is 9.89. The minimum Gasteiger partial charge on any atom is -0.392 e. The second kappa shape index (κ2) is 5.81. The molecule has 0 aliphatic heterocycles. The molecule has 17 heavy (non-hydrogen) atoms. The predicted octanol–water partition coefficient (Wildman–Crippen LogP) is 1.95. The molecule has 2 rings (SSSR count). The highest BCUT2D eigenvalue weighted by Gasteiger charge is 2.21. The molecule has 0 aromatic heterocycles. The topological polar surface area (TPSA) is 56.0 Å². The van der Waals surface area contributed by atoms with Gasteiger partial charge >= 0.3 is 0 Å². The van der Waals surface area contributed by atoms with E-state index in [0.717, 1.165) is 31.4 Å². The van der Waals surface area contributed by atoms with E-state index < -0.39 is 0 Å². The Morgan fingerprint density at radius 2 is 2.18 bits per heavy atom. The van der Waals surface area contributed by atoms with Crippen molar-refractivity contribution in [2.75, 3.05) is 0 Å². The van der Waals surface area contributed by atoms with Gasteiger partial charge in [0.1, 0.15) is 0 Å². The van der Waals surface area contributed by atoms with Crippen LogP contribution in [0, 0.1) is 11.3 Å². The van der Waals surface area contributed by atoms with Gasteiger partial charge in [-0.25, -0.2) is 0 Å². The number of nitrogens with one attached hydrogen (secondary N) is 1. The van der Waals surface area contributed by atoms with Crippen molar-refractivity contribution in [3.63, 3.8) is 0 Å². The molecule has 1 aliphatic rings. The van der Waals surface area contributed by atoms with E-state index in [0.29, 0.717) is 5.56 Å². The van der Waals surface area contributed by atoms with Crippen LogP contribution in [-0.4, -0.2) is 17.3 Å². The summed E-state index contributed by atoms with van der Waals surface area (Å²) in [5.41, 5.74) is 1.79. The first kappa shape index (κ1) is 12.1. The summed E-state index contributed by atoms with van der Waals surface area (Å²) in [5.74, 6) is 0. The summed E-state index contributed by atoms with van der Waals surface area (Å²) in [4.78, 5) is 0. The molecule has 0 spiro atoms. The standard InChI is InChI=1S/C14H18N2O/c15-9-11-4-3-5-12(8-11)10-16-13-6-1-2-7-14(13)17/h3-5,8,13-14,16-17H,1-2,6-7,10H2/t13-,14+/m1/s1. The molecule has 0 radical (unpaired) electrons. The largest absolute Gasteiger partial charge is 0.392 e. The van der Waals surface area contributed by atoms with E-state index in [9.17, 15) is 5.11 Å². The fourth-order valence-corrected chi connectivity index (χ4v) is 2.35. The van der Waals surface area contributed by atoms with Crippen LogP contribution in [0.3, 0.4) is 0 Å². The Bertz CT molecular complexity index is 411. The third-order valence-electron chi connectivity index (χ3n) is 3.35. The Kier molecular flexibility index (Phi) is 4.13. The molecule has 1 saturated carbocycles.